The summed E-state index contributed by atoms with van der Waals surface area (Å²) in [6, 6.07) is 7.95. The second-order valence-corrected chi connectivity index (χ2v) is 5.55. The SMILES string of the molecule is CCCCCCCN=C[C@H](O)COc1c[nH]c2ccccc12. The molecule has 0 aliphatic rings. The second kappa shape index (κ2) is 9.26. The third-order valence-corrected chi connectivity index (χ3v) is 3.63. The smallest absolute Gasteiger partial charge is 0.144 e. The van der Waals surface area contributed by atoms with Crippen LogP contribution in [0.5, 0.6) is 5.75 Å². The number of fused-ring (bicyclic) bond motifs is 1. The lowest BCUT2D eigenvalue weighted by Gasteiger charge is -2.07. The Morgan fingerprint density at radius 1 is 1.23 bits per heavy atom. The molecule has 2 aromatic rings. The van der Waals surface area contributed by atoms with E-state index in [0.717, 1.165) is 29.6 Å². The molecule has 0 aliphatic carbocycles. The quantitative estimate of drug-likeness (QED) is 0.516. The van der Waals surface area contributed by atoms with E-state index in [1.165, 1.54) is 25.7 Å². The fourth-order valence-electron chi connectivity index (χ4n) is 2.39. The van der Waals surface area contributed by atoms with Gasteiger partial charge in [-0.3, -0.25) is 4.99 Å². The largest absolute Gasteiger partial charge is 0.488 e. The fourth-order valence-corrected chi connectivity index (χ4v) is 2.39. The van der Waals surface area contributed by atoms with E-state index in [2.05, 4.69) is 16.9 Å². The minimum Gasteiger partial charge on any atom is -0.488 e. The molecule has 120 valence electrons. The first-order valence-electron chi connectivity index (χ1n) is 8.18. The summed E-state index contributed by atoms with van der Waals surface area (Å²) in [5.74, 6) is 0.766. The summed E-state index contributed by atoms with van der Waals surface area (Å²) in [5, 5.41) is 10.9. The Hall–Kier alpha value is -1.81. The van der Waals surface area contributed by atoms with Crippen LogP contribution in [-0.2, 0) is 0 Å². The van der Waals surface area contributed by atoms with E-state index in [1.807, 2.05) is 30.5 Å². The standard InChI is InChI=1S/C18H26N2O2/c1-2-3-4-5-8-11-19-12-15(21)14-22-18-13-20-17-10-7-6-9-16(17)18/h6-7,9-10,12-13,15,20-21H,2-5,8,11,14H2,1H3/t15-/m0/s1. The van der Waals surface area contributed by atoms with Crippen LogP contribution in [0, 0.1) is 0 Å². The molecule has 0 fully saturated rings. The number of ether oxygens (including phenoxy) is 1. The van der Waals surface area contributed by atoms with Gasteiger partial charge in [0, 0.05) is 29.9 Å². The van der Waals surface area contributed by atoms with Crippen LogP contribution in [0.25, 0.3) is 10.9 Å². The minimum absolute atomic E-state index is 0.223. The Balaban J connectivity index is 1.68. The van der Waals surface area contributed by atoms with Gasteiger partial charge in [0.05, 0.1) is 0 Å². The number of aliphatic hydroxyl groups excluding tert-OH is 1. The topological polar surface area (TPSA) is 57.6 Å². The van der Waals surface area contributed by atoms with Crippen molar-refractivity contribution in [3.8, 4) is 5.75 Å². The lowest BCUT2D eigenvalue weighted by molar-refractivity contribution is 0.163. The Morgan fingerprint density at radius 3 is 2.91 bits per heavy atom. The van der Waals surface area contributed by atoms with Gasteiger partial charge in [-0.1, -0.05) is 44.7 Å². The van der Waals surface area contributed by atoms with E-state index in [9.17, 15) is 5.11 Å². The average molecular weight is 302 g/mol. The van der Waals surface area contributed by atoms with Crippen molar-refractivity contribution in [1.29, 1.82) is 0 Å². The van der Waals surface area contributed by atoms with Crippen LogP contribution >= 0.6 is 0 Å². The Labute approximate surface area is 132 Å². The van der Waals surface area contributed by atoms with Gasteiger partial charge in [-0.15, -0.1) is 0 Å². The second-order valence-electron chi connectivity index (χ2n) is 5.55. The molecule has 22 heavy (non-hydrogen) atoms. The van der Waals surface area contributed by atoms with E-state index in [4.69, 9.17) is 4.74 Å². The molecule has 1 atom stereocenters. The molecule has 1 aromatic heterocycles. The van der Waals surface area contributed by atoms with E-state index in [-0.39, 0.29) is 6.61 Å². The molecule has 4 nitrogen and oxygen atoms in total. The number of rotatable bonds is 10. The number of H-pyrrole nitrogens is 1. The fraction of sp³-hybridized carbons (Fsp3) is 0.500. The zero-order valence-electron chi connectivity index (χ0n) is 13.3. The number of aliphatic imine (C=N–C) groups is 1. The molecule has 0 radical (unpaired) electrons. The molecule has 0 bridgehead atoms. The average Bonchev–Trinajstić information content (AvgIpc) is 2.95. The van der Waals surface area contributed by atoms with Gasteiger partial charge in [-0.05, 0) is 18.6 Å². The van der Waals surface area contributed by atoms with E-state index in [0.29, 0.717) is 0 Å². The normalized spacial score (nSPS) is 13.0. The van der Waals surface area contributed by atoms with E-state index >= 15 is 0 Å². The van der Waals surface area contributed by atoms with Gasteiger partial charge in [-0.2, -0.15) is 0 Å². The predicted octanol–water partition coefficient (Wildman–Crippen LogP) is 3.95. The molecular weight excluding hydrogens is 276 g/mol. The van der Waals surface area contributed by atoms with Crippen molar-refractivity contribution in [2.75, 3.05) is 13.2 Å². The van der Waals surface area contributed by atoms with Crippen molar-refractivity contribution in [2.45, 2.75) is 45.1 Å². The van der Waals surface area contributed by atoms with Gasteiger partial charge in [-0.25, -0.2) is 0 Å². The first-order chi connectivity index (χ1) is 10.8. The van der Waals surface area contributed by atoms with E-state index in [1.54, 1.807) is 6.21 Å². The molecule has 2 rings (SSSR count). The van der Waals surface area contributed by atoms with Gasteiger partial charge in [0.2, 0.25) is 0 Å². The first-order valence-corrected chi connectivity index (χ1v) is 8.18. The van der Waals surface area contributed by atoms with Crippen LogP contribution < -0.4 is 4.74 Å². The van der Waals surface area contributed by atoms with E-state index < -0.39 is 6.10 Å². The maximum Gasteiger partial charge on any atom is 0.144 e. The van der Waals surface area contributed by atoms with Crippen molar-refractivity contribution in [1.82, 2.24) is 4.98 Å². The number of aliphatic hydroxyl groups is 1. The third kappa shape index (κ3) is 5.19. The Morgan fingerprint density at radius 2 is 2.05 bits per heavy atom. The number of nitrogens with zero attached hydrogens (tertiary/aromatic N) is 1. The molecule has 0 unspecified atom stereocenters. The highest BCUT2D eigenvalue weighted by molar-refractivity contribution is 5.85. The maximum atomic E-state index is 9.88. The van der Waals surface area contributed by atoms with Gasteiger partial charge in [0.15, 0.2) is 0 Å². The number of hydrogen-bond donors (Lipinski definition) is 2. The van der Waals surface area contributed by atoms with Crippen molar-refractivity contribution < 1.29 is 9.84 Å². The van der Waals surface area contributed by atoms with Crippen LogP contribution in [0.4, 0.5) is 0 Å². The molecule has 4 heteroatoms. The third-order valence-electron chi connectivity index (χ3n) is 3.63. The number of para-hydroxylation sites is 1. The molecule has 0 saturated carbocycles. The molecule has 1 aromatic carbocycles. The van der Waals surface area contributed by atoms with Crippen LogP contribution in [0.3, 0.4) is 0 Å². The number of benzene rings is 1. The van der Waals surface area contributed by atoms with Crippen LogP contribution in [0.1, 0.15) is 39.0 Å². The highest BCUT2D eigenvalue weighted by Gasteiger charge is 2.06. The Kier molecular flexibility index (Phi) is 6.97. The Bertz CT molecular complexity index is 577. The number of aromatic nitrogens is 1. The van der Waals surface area contributed by atoms with Gasteiger partial charge < -0.3 is 14.8 Å². The van der Waals surface area contributed by atoms with Crippen LogP contribution in [0.2, 0.25) is 0 Å². The first kappa shape index (κ1) is 16.6. The molecule has 1 heterocycles. The number of hydrogen-bond acceptors (Lipinski definition) is 3. The van der Waals surface area contributed by atoms with Crippen LogP contribution in [-0.4, -0.2) is 35.6 Å². The predicted molar refractivity (Wildman–Crippen MR) is 91.9 cm³/mol. The molecule has 2 N–H and O–H groups in total. The summed E-state index contributed by atoms with van der Waals surface area (Å²) in [5.41, 5.74) is 1.03. The molecule has 0 aliphatic heterocycles. The number of nitrogens with one attached hydrogen (secondary N) is 1. The number of aromatic amines is 1. The summed E-state index contributed by atoms with van der Waals surface area (Å²) >= 11 is 0. The number of unbranched alkanes of at least 4 members (excludes halogenated alkanes) is 4. The lowest BCUT2D eigenvalue weighted by Crippen LogP contribution is -2.19. The lowest BCUT2D eigenvalue weighted by atomic mass is 10.1. The van der Waals surface area contributed by atoms with Gasteiger partial charge in [0.1, 0.15) is 18.5 Å². The zero-order valence-corrected chi connectivity index (χ0v) is 13.3. The molecule has 0 amide bonds. The highest BCUT2D eigenvalue weighted by atomic mass is 16.5. The van der Waals surface area contributed by atoms with Crippen molar-refractivity contribution >= 4 is 17.1 Å². The highest BCUT2D eigenvalue weighted by Crippen LogP contribution is 2.24. The van der Waals surface area contributed by atoms with Crippen molar-refractivity contribution in [2.24, 2.45) is 4.99 Å². The molecular formula is C18H26N2O2. The van der Waals surface area contributed by atoms with Crippen molar-refractivity contribution in [3.63, 3.8) is 0 Å². The van der Waals surface area contributed by atoms with Gasteiger partial charge >= 0.3 is 0 Å². The molecule has 0 saturated heterocycles. The minimum atomic E-state index is -0.663. The van der Waals surface area contributed by atoms with Crippen molar-refractivity contribution in [3.05, 3.63) is 30.5 Å². The molecule has 0 spiro atoms. The maximum absolute atomic E-state index is 9.88. The monoisotopic (exact) mass is 302 g/mol. The summed E-state index contributed by atoms with van der Waals surface area (Å²) in [6.07, 6.45) is 8.89. The summed E-state index contributed by atoms with van der Waals surface area (Å²) in [6.45, 7) is 3.22. The van der Waals surface area contributed by atoms with Gasteiger partial charge in [0.25, 0.3) is 0 Å². The van der Waals surface area contributed by atoms with Crippen LogP contribution in [0.15, 0.2) is 35.5 Å². The zero-order chi connectivity index (χ0) is 15.6. The summed E-state index contributed by atoms with van der Waals surface area (Å²) in [4.78, 5) is 7.42. The summed E-state index contributed by atoms with van der Waals surface area (Å²) < 4.78 is 5.66. The summed E-state index contributed by atoms with van der Waals surface area (Å²) in [7, 11) is 0.